The molecule has 0 N–H and O–H groups in total. The second-order valence-electron chi connectivity index (χ2n) is 6.64. The summed E-state index contributed by atoms with van der Waals surface area (Å²) in [5, 5.41) is 11.7. The lowest BCUT2D eigenvalue weighted by Gasteiger charge is -2.13. The molecule has 0 unspecified atom stereocenters. The van der Waals surface area contributed by atoms with Crippen LogP contribution in [0.3, 0.4) is 0 Å². The van der Waals surface area contributed by atoms with E-state index in [1.165, 1.54) is 0 Å². The van der Waals surface area contributed by atoms with Crippen LogP contribution in [-0.2, 0) is 0 Å². The maximum Gasteiger partial charge on any atom is 0.220 e. The van der Waals surface area contributed by atoms with Crippen molar-refractivity contribution < 1.29 is 14.5 Å². The van der Waals surface area contributed by atoms with Crippen LogP contribution in [0.2, 0.25) is 0 Å². The minimum atomic E-state index is -1.19. The van der Waals surface area contributed by atoms with Gasteiger partial charge in [-0.25, -0.2) is 0 Å². The van der Waals surface area contributed by atoms with E-state index in [9.17, 15) is 9.90 Å². The van der Waals surface area contributed by atoms with E-state index in [-0.39, 0.29) is 5.56 Å². The van der Waals surface area contributed by atoms with Crippen LogP contribution in [0.25, 0.3) is 28.1 Å². The first-order chi connectivity index (χ1) is 13.6. The number of carboxylic acids is 1. The number of carbonyl (C=O) groups excluding carboxylic acids is 1. The van der Waals surface area contributed by atoms with E-state index in [0.29, 0.717) is 5.69 Å². The number of rotatable bonds is 4. The highest BCUT2D eigenvalue weighted by molar-refractivity contribution is 5.89. The number of hydrogen-bond donors (Lipinski definition) is 0. The average molecular weight is 365 g/mol. The molecule has 4 aromatic rings. The molecule has 0 atom stereocenters. The van der Waals surface area contributed by atoms with Crippen LogP contribution in [-0.4, -0.2) is 5.97 Å². The molecular weight excluding hydrogens is 346 g/mol. The van der Waals surface area contributed by atoms with E-state index in [0.717, 1.165) is 28.1 Å². The Morgan fingerprint density at radius 2 is 1.29 bits per heavy atom. The van der Waals surface area contributed by atoms with Gasteiger partial charge in [-0.15, -0.1) is 0 Å². The number of benzene rings is 3. The number of nitrogens with zero attached hydrogens (tertiary/aromatic N) is 1. The largest absolute Gasteiger partial charge is 0.545 e. The van der Waals surface area contributed by atoms with Gasteiger partial charge in [0.25, 0.3) is 0 Å². The highest BCUT2D eigenvalue weighted by atomic mass is 16.4. The summed E-state index contributed by atoms with van der Waals surface area (Å²) >= 11 is 0. The normalized spacial score (nSPS) is 10.6. The predicted octanol–water partition coefficient (Wildman–Crippen LogP) is 3.97. The van der Waals surface area contributed by atoms with Crippen LogP contribution < -0.4 is 9.67 Å². The monoisotopic (exact) mass is 365 g/mol. The molecule has 1 heterocycles. The molecule has 0 spiro atoms. The molecule has 4 rings (SSSR count). The van der Waals surface area contributed by atoms with Gasteiger partial charge in [0.2, 0.25) is 11.4 Å². The third-order valence-corrected chi connectivity index (χ3v) is 4.79. The predicted molar refractivity (Wildman–Crippen MR) is 108 cm³/mol. The van der Waals surface area contributed by atoms with E-state index in [1.807, 2.05) is 72.2 Å². The summed E-state index contributed by atoms with van der Waals surface area (Å²) in [4.78, 5) is 11.7. The van der Waals surface area contributed by atoms with Crippen molar-refractivity contribution in [1.29, 1.82) is 0 Å². The van der Waals surface area contributed by atoms with Gasteiger partial charge in [-0.2, -0.15) is 4.57 Å². The number of aryl methyl sites for hydroxylation is 1. The first-order valence-electron chi connectivity index (χ1n) is 9.13. The molecule has 0 bridgehead atoms. The van der Waals surface area contributed by atoms with Gasteiger partial charge in [0.15, 0.2) is 5.69 Å². The van der Waals surface area contributed by atoms with Crippen molar-refractivity contribution >= 4 is 5.97 Å². The van der Waals surface area contributed by atoms with E-state index >= 15 is 0 Å². The lowest BCUT2D eigenvalue weighted by molar-refractivity contribution is -0.591. The first kappa shape index (κ1) is 17.7. The van der Waals surface area contributed by atoms with Crippen molar-refractivity contribution in [1.82, 2.24) is 0 Å². The molecule has 0 aliphatic heterocycles. The highest BCUT2D eigenvalue weighted by Crippen LogP contribution is 2.26. The second-order valence-corrected chi connectivity index (χ2v) is 6.64. The van der Waals surface area contributed by atoms with Crippen molar-refractivity contribution in [2.45, 2.75) is 6.92 Å². The van der Waals surface area contributed by atoms with Gasteiger partial charge < -0.3 is 9.90 Å². The standard InChI is InChI=1S/C25H19NO2/c1-18-16-21(19-10-4-2-5-11-19)17-24(20-12-6-3-7-13-20)26(18)23-15-9-8-14-22(23)25(27)28/h2-17H,1H3. The second kappa shape index (κ2) is 7.49. The summed E-state index contributed by atoms with van der Waals surface area (Å²) in [5.74, 6) is -1.19. The SMILES string of the molecule is Cc1cc(-c2ccccc2)cc(-c2ccccc2)[n+]1-c1ccccc1C(=O)[O-]. The number of para-hydroxylation sites is 1. The molecular formula is C25H19NO2. The Labute approximate surface area is 164 Å². The lowest BCUT2D eigenvalue weighted by Crippen LogP contribution is -2.40. The Kier molecular flexibility index (Phi) is 4.73. The Hall–Kier alpha value is -3.72. The Morgan fingerprint density at radius 3 is 1.93 bits per heavy atom. The Morgan fingerprint density at radius 1 is 0.714 bits per heavy atom. The topological polar surface area (TPSA) is 44.0 Å². The smallest absolute Gasteiger partial charge is 0.220 e. The van der Waals surface area contributed by atoms with Gasteiger partial charge in [0.1, 0.15) is 0 Å². The fraction of sp³-hybridized carbons (Fsp3) is 0.0400. The van der Waals surface area contributed by atoms with Crippen molar-refractivity contribution in [2.75, 3.05) is 0 Å². The number of carboxylic acid groups (broad SMARTS) is 1. The molecule has 3 aromatic carbocycles. The van der Waals surface area contributed by atoms with Crippen molar-refractivity contribution in [3.05, 3.63) is 108 Å². The highest BCUT2D eigenvalue weighted by Gasteiger charge is 2.23. The summed E-state index contributed by atoms with van der Waals surface area (Å²) in [6, 6.07) is 31.3. The van der Waals surface area contributed by atoms with E-state index in [1.54, 1.807) is 12.1 Å². The van der Waals surface area contributed by atoms with Crippen LogP contribution in [0, 0.1) is 6.92 Å². The minimum absolute atomic E-state index is 0.167. The summed E-state index contributed by atoms with van der Waals surface area (Å²) in [6.45, 7) is 1.99. The van der Waals surface area contributed by atoms with Gasteiger partial charge >= 0.3 is 0 Å². The van der Waals surface area contributed by atoms with Crippen molar-refractivity contribution in [2.24, 2.45) is 0 Å². The van der Waals surface area contributed by atoms with Crippen molar-refractivity contribution in [3.63, 3.8) is 0 Å². The molecule has 0 aliphatic carbocycles. The molecule has 0 radical (unpaired) electrons. The van der Waals surface area contributed by atoms with Gasteiger partial charge in [-0.05, 0) is 29.3 Å². The zero-order valence-corrected chi connectivity index (χ0v) is 15.5. The van der Waals surface area contributed by atoms with Gasteiger partial charge in [0.05, 0.1) is 11.5 Å². The zero-order valence-electron chi connectivity index (χ0n) is 15.5. The van der Waals surface area contributed by atoms with Gasteiger partial charge in [-0.3, -0.25) is 0 Å². The molecule has 28 heavy (non-hydrogen) atoms. The number of aromatic nitrogens is 1. The van der Waals surface area contributed by atoms with Gasteiger partial charge in [-0.1, -0.05) is 60.7 Å². The number of aromatic carboxylic acids is 1. The van der Waals surface area contributed by atoms with E-state index < -0.39 is 5.97 Å². The quantitative estimate of drug-likeness (QED) is 0.514. The lowest BCUT2D eigenvalue weighted by atomic mass is 10.0. The molecule has 3 nitrogen and oxygen atoms in total. The third-order valence-electron chi connectivity index (χ3n) is 4.79. The molecule has 0 saturated heterocycles. The third kappa shape index (κ3) is 3.30. The summed E-state index contributed by atoms with van der Waals surface area (Å²) in [6.07, 6.45) is 0. The molecule has 0 saturated carbocycles. The zero-order chi connectivity index (χ0) is 19.5. The maximum atomic E-state index is 11.7. The van der Waals surface area contributed by atoms with Crippen molar-refractivity contribution in [3.8, 4) is 28.1 Å². The number of hydrogen-bond acceptors (Lipinski definition) is 2. The van der Waals surface area contributed by atoms with Crippen LogP contribution in [0.15, 0.2) is 97.1 Å². The van der Waals surface area contributed by atoms with Gasteiger partial charge in [0, 0.05) is 30.7 Å². The molecule has 136 valence electrons. The summed E-state index contributed by atoms with van der Waals surface area (Å²) < 4.78 is 1.98. The fourth-order valence-corrected chi connectivity index (χ4v) is 3.51. The Bertz CT molecular complexity index is 1140. The van der Waals surface area contributed by atoms with E-state index in [4.69, 9.17) is 0 Å². The number of pyridine rings is 1. The first-order valence-corrected chi connectivity index (χ1v) is 9.13. The molecule has 0 amide bonds. The van der Waals surface area contributed by atoms with Crippen LogP contribution in [0.1, 0.15) is 16.1 Å². The van der Waals surface area contributed by atoms with Crippen LogP contribution >= 0.6 is 0 Å². The van der Waals surface area contributed by atoms with Crippen LogP contribution in [0.4, 0.5) is 0 Å². The maximum absolute atomic E-state index is 11.7. The summed E-state index contributed by atoms with van der Waals surface area (Å²) in [7, 11) is 0. The van der Waals surface area contributed by atoms with E-state index in [2.05, 4.69) is 24.3 Å². The summed E-state index contributed by atoms with van der Waals surface area (Å²) in [5.41, 5.74) is 5.83. The fourth-order valence-electron chi connectivity index (χ4n) is 3.51. The number of carbonyl (C=O) groups is 1. The molecule has 3 heteroatoms. The molecule has 0 aliphatic rings. The van der Waals surface area contributed by atoms with Crippen LogP contribution in [0.5, 0.6) is 0 Å². The molecule has 1 aromatic heterocycles. The molecule has 0 fully saturated rings. The average Bonchev–Trinajstić information content (AvgIpc) is 2.74. The minimum Gasteiger partial charge on any atom is -0.545 e. The Balaban J connectivity index is 2.03.